The van der Waals surface area contributed by atoms with E-state index in [1.807, 2.05) is 57.2 Å². The number of hydrogen-bond donors (Lipinski definition) is 0. The number of aromatic nitrogens is 3. The maximum absolute atomic E-state index is 12.7. The molecule has 1 aromatic heterocycles. The Morgan fingerprint density at radius 3 is 2.44 bits per heavy atom. The number of halogens is 3. The third-order valence-corrected chi connectivity index (χ3v) is 8.14. The van der Waals surface area contributed by atoms with Crippen LogP contribution in [-0.4, -0.2) is 43.9 Å². The van der Waals surface area contributed by atoms with Crippen LogP contribution < -0.4 is 9.64 Å². The summed E-state index contributed by atoms with van der Waals surface area (Å²) in [6.07, 6.45) is 0.278. The van der Waals surface area contributed by atoms with Gasteiger partial charge in [-0.15, -0.1) is 18.3 Å². The van der Waals surface area contributed by atoms with Crippen LogP contribution in [0.1, 0.15) is 47.9 Å². The van der Waals surface area contributed by atoms with Gasteiger partial charge in [-0.25, -0.2) is 9.67 Å². The van der Waals surface area contributed by atoms with Crippen LogP contribution in [0.4, 0.5) is 18.9 Å². The maximum atomic E-state index is 12.7. The molecule has 1 aliphatic heterocycles. The van der Waals surface area contributed by atoms with E-state index in [1.54, 1.807) is 4.90 Å². The Kier molecular flexibility index (Phi) is 9.71. The summed E-state index contributed by atoms with van der Waals surface area (Å²) in [6.45, 7) is 5.94. The molecule has 8 nitrogen and oxygen atoms in total. The van der Waals surface area contributed by atoms with Crippen LogP contribution in [0.15, 0.2) is 72.0 Å². The normalized spacial score (nSPS) is 14.4. The van der Waals surface area contributed by atoms with Crippen molar-refractivity contribution in [2.75, 3.05) is 10.7 Å². The van der Waals surface area contributed by atoms with Gasteiger partial charge >= 0.3 is 6.36 Å². The van der Waals surface area contributed by atoms with Crippen molar-refractivity contribution < 1.29 is 27.5 Å². The molecule has 0 atom stereocenters. The second kappa shape index (κ2) is 13.7. The van der Waals surface area contributed by atoms with Crippen LogP contribution in [0.25, 0.3) is 17.1 Å². The fraction of sp³-hybridized carbons (Fsp3) is 0.303. The van der Waals surface area contributed by atoms with Crippen LogP contribution in [0.2, 0.25) is 0 Å². The summed E-state index contributed by atoms with van der Waals surface area (Å²) in [6, 6.07) is 17.3. The van der Waals surface area contributed by atoms with Crippen LogP contribution in [-0.2, 0) is 16.0 Å². The second-order valence-electron chi connectivity index (χ2n) is 10.9. The number of nitrogens with zero attached hydrogens (tertiary/aromatic N) is 5. The Hall–Kier alpha value is -4.45. The summed E-state index contributed by atoms with van der Waals surface area (Å²) >= 11 is 1.30. The molecule has 5 rings (SSSR count). The van der Waals surface area contributed by atoms with Gasteiger partial charge < -0.3 is 4.74 Å². The van der Waals surface area contributed by atoms with Gasteiger partial charge in [0, 0.05) is 12.0 Å². The average Bonchev–Trinajstić information content (AvgIpc) is 3.60. The van der Waals surface area contributed by atoms with Crippen molar-refractivity contribution in [2.45, 2.75) is 59.2 Å². The first-order chi connectivity index (χ1) is 21.5. The Balaban J connectivity index is 1.12. The van der Waals surface area contributed by atoms with Gasteiger partial charge in [0.15, 0.2) is 11.0 Å². The molecule has 1 fully saturated rings. The van der Waals surface area contributed by atoms with Crippen LogP contribution >= 0.6 is 11.8 Å². The summed E-state index contributed by atoms with van der Waals surface area (Å²) in [5.41, 5.74) is 6.35. The smallest absolute Gasteiger partial charge is 0.406 e. The van der Waals surface area contributed by atoms with Crippen molar-refractivity contribution in [3.8, 4) is 22.8 Å². The number of thioether (sulfide) groups is 1. The zero-order valence-electron chi connectivity index (χ0n) is 25.1. The van der Waals surface area contributed by atoms with Crippen LogP contribution in [0.3, 0.4) is 0 Å². The quantitative estimate of drug-likeness (QED) is 0.168. The van der Waals surface area contributed by atoms with Crippen molar-refractivity contribution in [2.24, 2.45) is 4.99 Å². The maximum Gasteiger partial charge on any atom is 0.573 e. The molecule has 0 N–H and O–H groups in total. The zero-order valence-corrected chi connectivity index (χ0v) is 25.9. The lowest BCUT2D eigenvalue weighted by Gasteiger charge is -2.21. The number of carbonyl (C=O) groups excluding carboxylic acids is 2. The fourth-order valence-corrected chi connectivity index (χ4v) is 6.19. The number of ether oxygens (including phenoxy) is 1. The van der Waals surface area contributed by atoms with Gasteiger partial charge in [0.1, 0.15) is 12.1 Å². The predicted octanol–water partition coefficient (Wildman–Crippen LogP) is 7.52. The van der Waals surface area contributed by atoms with E-state index in [0.29, 0.717) is 29.5 Å². The molecular formula is C33H32F3N5O3S. The van der Waals surface area contributed by atoms with Crippen LogP contribution in [0.5, 0.6) is 5.75 Å². The van der Waals surface area contributed by atoms with E-state index in [1.165, 1.54) is 47.0 Å². The molecule has 1 aliphatic rings. The first-order valence-corrected chi connectivity index (χ1v) is 15.5. The standard InChI is InChI=1S/C33H32F3N5O3S/c1-21-16-22(2)30(23(3)17-21)41-29(43)19-45-32(41)38-28(42)11-6-4-5-8-24-9-7-10-25(18-24)31-37-20-40(39-31)26-12-14-27(15-13-26)44-33(34,35)36/h7,9-10,12-18,20H,4-6,8,11,19H2,1-3H3. The Labute approximate surface area is 263 Å². The lowest BCUT2D eigenvalue weighted by molar-refractivity contribution is -0.274. The van der Waals surface area contributed by atoms with Gasteiger partial charge in [-0.3, -0.25) is 14.5 Å². The molecule has 2 heterocycles. The number of amidine groups is 1. The van der Waals surface area contributed by atoms with Gasteiger partial charge in [-0.2, -0.15) is 4.99 Å². The molecule has 45 heavy (non-hydrogen) atoms. The first kappa shape index (κ1) is 32.0. The largest absolute Gasteiger partial charge is 0.573 e. The van der Waals surface area contributed by atoms with Crippen molar-refractivity contribution in [3.05, 3.63) is 89.2 Å². The highest BCUT2D eigenvalue weighted by Crippen LogP contribution is 2.33. The summed E-state index contributed by atoms with van der Waals surface area (Å²) in [7, 11) is 0. The number of amides is 2. The Morgan fingerprint density at radius 1 is 1.00 bits per heavy atom. The molecular weight excluding hydrogens is 603 g/mol. The topological polar surface area (TPSA) is 89.7 Å². The number of benzene rings is 3. The van der Waals surface area contributed by atoms with Crippen molar-refractivity contribution in [3.63, 3.8) is 0 Å². The highest BCUT2D eigenvalue weighted by atomic mass is 32.2. The van der Waals surface area contributed by atoms with E-state index in [2.05, 4.69) is 19.8 Å². The highest BCUT2D eigenvalue weighted by molar-refractivity contribution is 8.15. The number of rotatable bonds is 10. The van der Waals surface area contributed by atoms with Crippen LogP contribution in [0, 0.1) is 20.8 Å². The first-order valence-electron chi connectivity index (χ1n) is 14.5. The van der Waals surface area contributed by atoms with Gasteiger partial charge in [0.25, 0.3) is 0 Å². The number of aryl methyl sites for hydroxylation is 4. The molecule has 0 spiro atoms. The minimum absolute atomic E-state index is 0.0700. The fourth-order valence-electron chi connectivity index (χ4n) is 5.32. The van der Waals surface area contributed by atoms with Gasteiger partial charge in [-0.1, -0.05) is 54.1 Å². The number of carbonyl (C=O) groups is 2. The molecule has 4 aromatic rings. The third kappa shape index (κ3) is 8.18. The lowest BCUT2D eigenvalue weighted by atomic mass is 10.0. The number of hydrogen-bond acceptors (Lipinski definition) is 6. The van der Waals surface area contributed by atoms with E-state index < -0.39 is 6.36 Å². The Bertz CT molecular complexity index is 1710. The molecule has 2 amide bonds. The summed E-state index contributed by atoms with van der Waals surface area (Å²) in [5.74, 6) is 0.147. The molecule has 12 heteroatoms. The number of alkyl halides is 3. The molecule has 1 saturated heterocycles. The summed E-state index contributed by atoms with van der Waals surface area (Å²) in [5, 5.41) is 4.92. The molecule has 0 saturated carbocycles. The SMILES string of the molecule is Cc1cc(C)c(N2C(=O)CSC2=NC(=O)CCCCCc2cccc(-c3ncn(-c4ccc(OC(F)(F)F)cc4)n3)c2)c(C)c1. The van der Waals surface area contributed by atoms with Gasteiger partial charge in [0.2, 0.25) is 11.8 Å². The number of anilines is 1. The monoisotopic (exact) mass is 635 g/mol. The van der Waals surface area contributed by atoms with Gasteiger partial charge in [0.05, 0.1) is 17.1 Å². The molecule has 0 bridgehead atoms. The second-order valence-corrected chi connectivity index (χ2v) is 11.8. The lowest BCUT2D eigenvalue weighted by Crippen LogP contribution is -2.31. The predicted molar refractivity (Wildman–Crippen MR) is 169 cm³/mol. The average molecular weight is 636 g/mol. The summed E-state index contributed by atoms with van der Waals surface area (Å²) < 4.78 is 42.7. The van der Waals surface area contributed by atoms with Crippen molar-refractivity contribution in [1.29, 1.82) is 0 Å². The minimum atomic E-state index is -4.75. The van der Waals surface area contributed by atoms with Crippen molar-refractivity contribution in [1.82, 2.24) is 14.8 Å². The number of unbranched alkanes of at least 4 members (excludes halogenated alkanes) is 2. The van der Waals surface area contributed by atoms with Crippen molar-refractivity contribution >= 4 is 34.4 Å². The number of aliphatic imine (C=N–C) groups is 1. The molecule has 0 aliphatic carbocycles. The molecule has 234 valence electrons. The van der Waals surface area contributed by atoms with E-state index in [0.717, 1.165) is 52.8 Å². The van der Waals surface area contributed by atoms with E-state index in [4.69, 9.17) is 0 Å². The van der Waals surface area contributed by atoms with Gasteiger partial charge in [-0.05, 0) is 87.1 Å². The molecule has 0 radical (unpaired) electrons. The zero-order chi connectivity index (χ0) is 32.1. The minimum Gasteiger partial charge on any atom is -0.406 e. The summed E-state index contributed by atoms with van der Waals surface area (Å²) in [4.78, 5) is 35.7. The third-order valence-electron chi connectivity index (χ3n) is 7.21. The Morgan fingerprint density at radius 2 is 1.73 bits per heavy atom. The van der Waals surface area contributed by atoms with E-state index in [-0.39, 0.29) is 23.3 Å². The molecule has 3 aromatic carbocycles. The highest BCUT2D eigenvalue weighted by Gasteiger charge is 2.32. The molecule has 0 unspecified atom stereocenters. The van der Waals surface area contributed by atoms with E-state index in [9.17, 15) is 22.8 Å². The van der Waals surface area contributed by atoms with E-state index >= 15 is 0 Å².